The van der Waals surface area contributed by atoms with Crippen molar-refractivity contribution in [2.24, 2.45) is 11.8 Å². The molecule has 0 spiro atoms. The fourth-order valence-electron chi connectivity index (χ4n) is 1.18. The van der Waals surface area contributed by atoms with Crippen molar-refractivity contribution in [3.63, 3.8) is 0 Å². The maximum Gasteiger partial charge on any atom is 2.00 e. The van der Waals surface area contributed by atoms with Crippen LogP contribution in [0.5, 0.6) is 0 Å². The fraction of sp³-hybridized carbons (Fsp3) is 0.889. The van der Waals surface area contributed by atoms with E-state index in [1.807, 2.05) is 0 Å². The van der Waals surface area contributed by atoms with Gasteiger partial charge in [0, 0.05) is 5.97 Å². The molecule has 1 aliphatic rings. The monoisotopic (exact) mass is 395 g/mol. The molecule has 15 heavy (non-hydrogen) atoms. The molecule has 0 aromatic heterocycles. The second kappa shape index (κ2) is 9.28. The molecule has 6 heteroatoms. The molecule has 2 N–H and O–H groups in total. The Bertz CT molecular complexity index is 165. The average Bonchev–Trinajstić information content (AvgIpc) is 2.05. The minimum Gasteiger partial charge on any atom is -0.848 e. The average molecular weight is 395 g/mol. The Labute approximate surface area is 104 Å². The van der Waals surface area contributed by atoms with E-state index in [4.69, 9.17) is 11.5 Å². The van der Waals surface area contributed by atoms with Crippen LogP contribution in [0.15, 0.2) is 0 Å². The van der Waals surface area contributed by atoms with Crippen molar-refractivity contribution in [1.29, 1.82) is 0 Å². The van der Waals surface area contributed by atoms with Crippen LogP contribution in [0, 0.1) is 11.8 Å². The van der Waals surface area contributed by atoms with Crippen LogP contribution in [0.25, 0.3) is 11.5 Å². The first kappa shape index (κ1) is 17.4. The van der Waals surface area contributed by atoms with E-state index in [9.17, 15) is 15.0 Å². The maximum atomic E-state index is 9.56. The number of carboxylic acid groups (broad SMARTS) is 1. The van der Waals surface area contributed by atoms with Crippen LogP contribution in [0.3, 0.4) is 0 Å². The summed E-state index contributed by atoms with van der Waals surface area (Å²) in [5, 5.41) is 18.8. The molecule has 3 unspecified atom stereocenters. The predicted octanol–water partition coefficient (Wildman–Crippen LogP) is -0.400. The Morgan fingerprint density at radius 3 is 1.67 bits per heavy atom. The Morgan fingerprint density at radius 2 is 1.60 bits per heavy atom. The van der Waals surface area contributed by atoms with Crippen LogP contribution in [0.4, 0.5) is 0 Å². The molecule has 1 saturated carbocycles. The summed E-state index contributed by atoms with van der Waals surface area (Å²) in [5.41, 5.74) is 14.0. The van der Waals surface area contributed by atoms with Crippen molar-refractivity contribution < 1.29 is 36.1 Å². The number of nitrogens with one attached hydrogen (secondary N) is 2. The van der Waals surface area contributed by atoms with Crippen molar-refractivity contribution in [3.05, 3.63) is 11.5 Å². The number of carboxylic acids is 1. The molecule has 1 fully saturated rings. The van der Waals surface area contributed by atoms with Gasteiger partial charge in [-0.1, -0.05) is 37.7 Å². The van der Waals surface area contributed by atoms with E-state index in [2.05, 4.69) is 0 Å². The van der Waals surface area contributed by atoms with Crippen LogP contribution in [-0.4, -0.2) is 25.2 Å². The molecule has 5 nitrogen and oxygen atoms in total. The first-order valence-electron chi connectivity index (χ1n) is 4.68. The van der Waals surface area contributed by atoms with Crippen LogP contribution in [-0.2, 0) is 25.9 Å². The number of carbonyl (C=O) groups is 1. The second-order valence-corrected chi connectivity index (χ2v) is 3.47. The molecule has 1 rings (SSSR count). The van der Waals surface area contributed by atoms with Gasteiger partial charge in [0.1, 0.15) is 0 Å². The van der Waals surface area contributed by atoms with E-state index < -0.39 is 12.1 Å². The molecule has 0 aliphatic heterocycles. The predicted molar refractivity (Wildman–Crippen MR) is 49.1 cm³/mol. The van der Waals surface area contributed by atoms with Gasteiger partial charge in [-0.25, -0.2) is 0 Å². The normalized spacial score (nSPS) is 25.1. The van der Waals surface area contributed by atoms with Gasteiger partial charge in [-0.3, -0.25) is 0 Å². The molecule has 3 atom stereocenters. The zero-order valence-electron chi connectivity index (χ0n) is 8.60. The van der Waals surface area contributed by atoms with Gasteiger partial charge in [0.2, 0.25) is 0 Å². The molecule has 0 saturated heterocycles. The number of aliphatic carboxylic acids is 1. The number of rotatable bonds is 3. The van der Waals surface area contributed by atoms with E-state index in [0.717, 1.165) is 6.92 Å². The molecule has 0 radical (unpaired) electrons. The quantitative estimate of drug-likeness (QED) is 0.648. The van der Waals surface area contributed by atoms with Crippen LogP contribution in [0.2, 0.25) is 0 Å². The summed E-state index contributed by atoms with van der Waals surface area (Å²) in [4.78, 5) is 9.28. The Balaban J connectivity index is 0. The molecule has 0 aromatic carbocycles. The second-order valence-electron chi connectivity index (χ2n) is 3.47. The number of hydrogen-bond acceptors (Lipinski definition) is 3. The van der Waals surface area contributed by atoms with Gasteiger partial charge in [-0.2, -0.15) is 0 Å². The summed E-state index contributed by atoms with van der Waals surface area (Å²) in [5.74, 6) is -0.394. The summed E-state index contributed by atoms with van der Waals surface area (Å²) in [6.45, 7) is 2.11. The summed E-state index contributed by atoms with van der Waals surface area (Å²) < 4.78 is 0. The third kappa shape index (κ3) is 7.01. The summed E-state index contributed by atoms with van der Waals surface area (Å²) in [6, 6.07) is 0. The Kier molecular flexibility index (Phi) is 10.8. The van der Waals surface area contributed by atoms with E-state index in [0.29, 0.717) is 24.9 Å². The number of carbonyl (C=O) groups excluding carboxylic acids is 1. The molecular formula is C9H16N2O3Pt-2. The molecule has 0 bridgehead atoms. The first-order valence-corrected chi connectivity index (χ1v) is 4.68. The van der Waals surface area contributed by atoms with Crippen molar-refractivity contribution >= 4 is 5.97 Å². The minimum atomic E-state index is -1.59. The minimum absolute atomic E-state index is 0. The molecule has 92 valence electrons. The van der Waals surface area contributed by atoms with E-state index >= 15 is 0 Å². The Morgan fingerprint density at radius 1 is 1.33 bits per heavy atom. The van der Waals surface area contributed by atoms with Gasteiger partial charge in [-0.15, -0.1) is 13.1 Å². The zero-order chi connectivity index (χ0) is 11.1. The summed E-state index contributed by atoms with van der Waals surface area (Å²) in [6.07, 6.45) is 0.810. The third-order valence-corrected chi connectivity index (χ3v) is 2.43. The summed E-state index contributed by atoms with van der Waals surface area (Å²) >= 11 is 0. The third-order valence-electron chi connectivity index (χ3n) is 2.43. The van der Waals surface area contributed by atoms with Gasteiger partial charge in [-0.05, 0) is 0 Å². The zero-order valence-corrected chi connectivity index (χ0v) is 10.9. The molecule has 0 aromatic rings. The molecule has 0 heterocycles. The van der Waals surface area contributed by atoms with E-state index in [-0.39, 0.29) is 21.1 Å². The standard InChI is InChI=1S/C6H12N2.C3H5O3.Pt/c7-3-5-1-2-6(5)4-8;1-2(4)3(5)6;/h5-8H,1-4H2;2H,1H3,(H,5,6);/q-2;-1;+2/p-1. The van der Waals surface area contributed by atoms with Crippen molar-refractivity contribution in [1.82, 2.24) is 0 Å². The van der Waals surface area contributed by atoms with Gasteiger partial charge in [0.05, 0.1) is 0 Å². The first-order chi connectivity index (χ1) is 6.52. The van der Waals surface area contributed by atoms with E-state index in [1.165, 1.54) is 12.8 Å². The number of hydrogen-bond donors (Lipinski definition) is 0. The van der Waals surface area contributed by atoms with E-state index in [1.54, 1.807) is 0 Å². The van der Waals surface area contributed by atoms with Gasteiger partial charge < -0.3 is 26.5 Å². The van der Waals surface area contributed by atoms with Crippen molar-refractivity contribution in [3.8, 4) is 0 Å². The van der Waals surface area contributed by atoms with Gasteiger partial charge in [0.25, 0.3) is 0 Å². The largest absolute Gasteiger partial charge is 2.00 e. The fourth-order valence-corrected chi connectivity index (χ4v) is 1.18. The molecule has 0 amide bonds. The maximum absolute atomic E-state index is 9.56. The van der Waals surface area contributed by atoms with Crippen molar-refractivity contribution in [2.45, 2.75) is 25.9 Å². The van der Waals surface area contributed by atoms with Crippen LogP contribution >= 0.6 is 0 Å². The Hall–Kier alpha value is 0.0383. The van der Waals surface area contributed by atoms with Crippen LogP contribution < -0.4 is 10.2 Å². The topological polar surface area (TPSA) is 111 Å². The SMILES string of the molecule is CC([O-])C(=O)[O-].[NH-]CC1CCC1C[NH-].[Pt+2]. The van der Waals surface area contributed by atoms with Crippen molar-refractivity contribution in [2.75, 3.05) is 13.1 Å². The van der Waals surface area contributed by atoms with Gasteiger partial charge >= 0.3 is 21.1 Å². The van der Waals surface area contributed by atoms with Gasteiger partial charge in [0.15, 0.2) is 0 Å². The molecular weight excluding hydrogens is 379 g/mol. The summed E-state index contributed by atoms with van der Waals surface area (Å²) in [7, 11) is 0. The smallest absolute Gasteiger partial charge is 0.848 e. The van der Waals surface area contributed by atoms with Crippen LogP contribution in [0.1, 0.15) is 19.8 Å². The molecule has 1 aliphatic carbocycles.